The third-order valence-corrected chi connectivity index (χ3v) is 3.19. The summed E-state index contributed by atoms with van der Waals surface area (Å²) in [5, 5.41) is 3.19. The van der Waals surface area contributed by atoms with E-state index in [1.54, 1.807) is 0 Å². The van der Waals surface area contributed by atoms with E-state index in [9.17, 15) is 0 Å². The van der Waals surface area contributed by atoms with Gasteiger partial charge in [0.15, 0.2) is 0 Å². The molecule has 0 bridgehead atoms. The Balaban J connectivity index is 1.73. The summed E-state index contributed by atoms with van der Waals surface area (Å²) < 4.78 is 5.70. The normalized spacial score (nSPS) is 16.5. The van der Waals surface area contributed by atoms with Crippen LogP contribution in [0.2, 0.25) is 0 Å². The predicted octanol–water partition coefficient (Wildman–Crippen LogP) is 2.38. The van der Waals surface area contributed by atoms with Gasteiger partial charge in [-0.15, -0.1) is 0 Å². The van der Waals surface area contributed by atoms with Crippen molar-refractivity contribution in [1.82, 2.24) is 9.88 Å². The summed E-state index contributed by atoms with van der Waals surface area (Å²) in [5.74, 6) is 1.60. The monoisotopic (exact) mass is 249 g/mol. The zero-order valence-electron chi connectivity index (χ0n) is 11.2. The van der Waals surface area contributed by atoms with E-state index < -0.39 is 0 Å². The van der Waals surface area contributed by atoms with E-state index >= 15 is 0 Å². The van der Waals surface area contributed by atoms with Crippen LogP contribution < -0.4 is 10.1 Å². The zero-order valence-corrected chi connectivity index (χ0v) is 11.2. The number of aromatic nitrogens is 1. The highest BCUT2D eigenvalue weighted by molar-refractivity contribution is 5.36. The van der Waals surface area contributed by atoms with Gasteiger partial charge in [0.2, 0.25) is 5.88 Å². The summed E-state index contributed by atoms with van der Waals surface area (Å²) in [6.45, 7) is 7.11. The molecule has 1 fully saturated rings. The molecule has 1 aromatic heterocycles. The van der Waals surface area contributed by atoms with Gasteiger partial charge in [-0.3, -0.25) is 4.90 Å². The van der Waals surface area contributed by atoms with Gasteiger partial charge < -0.3 is 10.1 Å². The standard InChI is InChI=1S/C14H23N3O/c1-2-15-13-7-6-8-14(16-13)18-12-11-17-9-4-3-5-10-17/h6-8H,2-5,9-12H2,1H3,(H,15,16). The van der Waals surface area contributed by atoms with Crippen LogP contribution in [0.3, 0.4) is 0 Å². The van der Waals surface area contributed by atoms with Crippen molar-refractivity contribution < 1.29 is 4.74 Å². The molecule has 0 saturated carbocycles. The largest absolute Gasteiger partial charge is 0.476 e. The number of likely N-dealkylation sites (tertiary alicyclic amines) is 1. The van der Waals surface area contributed by atoms with Crippen LogP contribution in [0.1, 0.15) is 26.2 Å². The van der Waals surface area contributed by atoms with Crippen molar-refractivity contribution in [3.8, 4) is 5.88 Å². The Morgan fingerprint density at radius 2 is 2.11 bits per heavy atom. The summed E-state index contributed by atoms with van der Waals surface area (Å²) in [6, 6.07) is 5.85. The lowest BCUT2D eigenvalue weighted by Crippen LogP contribution is -2.33. The number of piperidine rings is 1. The number of hydrogen-bond acceptors (Lipinski definition) is 4. The number of anilines is 1. The molecule has 18 heavy (non-hydrogen) atoms. The lowest BCUT2D eigenvalue weighted by molar-refractivity contribution is 0.180. The molecule has 100 valence electrons. The van der Waals surface area contributed by atoms with Crippen LogP contribution in [0.25, 0.3) is 0 Å². The Morgan fingerprint density at radius 1 is 1.28 bits per heavy atom. The molecule has 0 atom stereocenters. The molecule has 0 aliphatic carbocycles. The van der Waals surface area contributed by atoms with E-state index in [0.717, 1.165) is 25.5 Å². The van der Waals surface area contributed by atoms with Gasteiger partial charge in [-0.2, -0.15) is 4.98 Å². The minimum atomic E-state index is 0.713. The SMILES string of the molecule is CCNc1cccc(OCCN2CCCCC2)n1. The molecule has 0 radical (unpaired) electrons. The molecule has 1 saturated heterocycles. The Kier molecular flexibility index (Phi) is 5.27. The smallest absolute Gasteiger partial charge is 0.215 e. The molecule has 1 aliphatic heterocycles. The van der Waals surface area contributed by atoms with E-state index in [0.29, 0.717) is 5.88 Å². The second-order valence-electron chi connectivity index (χ2n) is 4.64. The molecule has 1 aliphatic rings. The van der Waals surface area contributed by atoms with Gasteiger partial charge in [0.25, 0.3) is 0 Å². The van der Waals surface area contributed by atoms with Crippen molar-refractivity contribution in [2.45, 2.75) is 26.2 Å². The molecule has 1 N–H and O–H groups in total. The molecule has 0 unspecified atom stereocenters. The summed E-state index contributed by atoms with van der Waals surface area (Å²) in [4.78, 5) is 6.86. The molecule has 1 aromatic rings. The molecule has 4 heteroatoms. The fourth-order valence-electron chi connectivity index (χ4n) is 2.24. The van der Waals surface area contributed by atoms with Gasteiger partial charge in [-0.25, -0.2) is 0 Å². The number of hydrogen-bond donors (Lipinski definition) is 1. The maximum Gasteiger partial charge on any atom is 0.215 e. The third-order valence-electron chi connectivity index (χ3n) is 3.19. The minimum absolute atomic E-state index is 0.713. The first kappa shape index (κ1) is 13.1. The summed E-state index contributed by atoms with van der Waals surface area (Å²) >= 11 is 0. The molecule has 0 spiro atoms. The second kappa shape index (κ2) is 7.21. The predicted molar refractivity (Wildman–Crippen MR) is 74.2 cm³/mol. The number of ether oxygens (including phenoxy) is 1. The van der Waals surface area contributed by atoms with Gasteiger partial charge in [-0.1, -0.05) is 12.5 Å². The number of nitrogens with zero attached hydrogens (tertiary/aromatic N) is 2. The van der Waals surface area contributed by atoms with Crippen LogP contribution in [-0.2, 0) is 0 Å². The summed E-state index contributed by atoms with van der Waals surface area (Å²) in [7, 11) is 0. The van der Waals surface area contributed by atoms with Gasteiger partial charge in [-0.05, 0) is 38.9 Å². The van der Waals surface area contributed by atoms with Gasteiger partial charge in [0.05, 0.1) is 0 Å². The van der Waals surface area contributed by atoms with E-state index in [1.807, 2.05) is 18.2 Å². The van der Waals surface area contributed by atoms with Crippen molar-refractivity contribution in [2.75, 3.05) is 38.1 Å². The van der Waals surface area contributed by atoms with Crippen molar-refractivity contribution in [1.29, 1.82) is 0 Å². The lowest BCUT2D eigenvalue weighted by atomic mass is 10.1. The zero-order chi connectivity index (χ0) is 12.6. The minimum Gasteiger partial charge on any atom is -0.476 e. The van der Waals surface area contributed by atoms with Crippen molar-refractivity contribution in [2.24, 2.45) is 0 Å². The topological polar surface area (TPSA) is 37.4 Å². The fourth-order valence-corrected chi connectivity index (χ4v) is 2.24. The molecule has 0 aromatic carbocycles. The van der Waals surface area contributed by atoms with Crippen molar-refractivity contribution in [3.63, 3.8) is 0 Å². The second-order valence-corrected chi connectivity index (χ2v) is 4.64. The van der Waals surface area contributed by atoms with Gasteiger partial charge >= 0.3 is 0 Å². The maximum atomic E-state index is 5.70. The van der Waals surface area contributed by atoms with Crippen LogP contribution >= 0.6 is 0 Å². The van der Waals surface area contributed by atoms with Crippen LogP contribution in [0.5, 0.6) is 5.88 Å². The highest BCUT2D eigenvalue weighted by Crippen LogP contribution is 2.12. The molecule has 2 heterocycles. The Bertz CT molecular complexity index is 351. The first-order valence-electron chi connectivity index (χ1n) is 6.94. The number of nitrogens with one attached hydrogen (secondary N) is 1. The number of rotatable bonds is 6. The van der Waals surface area contributed by atoms with Crippen LogP contribution in [-0.4, -0.2) is 42.7 Å². The van der Waals surface area contributed by atoms with Crippen LogP contribution in [0.15, 0.2) is 18.2 Å². The molecular formula is C14H23N3O. The highest BCUT2D eigenvalue weighted by atomic mass is 16.5. The average molecular weight is 249 g/mol. The van der Waals surface area contributed by atoms with E-state index in [-0.39, 0.29) is 0 Å². The maximum absolute atomic E-state index is 5.70. The number of pyridine rings is 1. The molecule has 2 rings (SSSR count). The van der Waals surface area contributed by atoms with Gasteiger partial charge in [0.1, 0.15) is 12.4 Å². The van der Waals surface area contributed by atoms with E-state index in [2.05, 4.69) is 22.1 Å². The fraction of sp³-hybridized carbons (Fsp3) is 0.643. The molecule has 0 amide bonds. The Morgan fingerprint density at radius 3 is 2.89 bits per heavy atom. The summed E-state index contributed by atoms with van der Waals surface area (Å²) in [6.07, 6.45) is 4.03. The molecular weight excluding hydrogens is 226 g/mol. The summed E-state index contributed by atoms with van der Waals surface area (Å²) in [5.41, 5.74) is 0. The van der Waals surface area contributed by atoms with Crippen LogP contribution in [0, 0.1) is 0 Å². The van der Waals surface area contributed by atoms with Crippen molar-refractivity contribution >= 4 is 5.82 Å². The quantitative estimate of drug-likeness (QED) is 0.840. The van der Waals surface area contributed by atoms with Crippen LogP contribution in [0.4, 0.5) is 5.82 Å². The first-order valence-corrected chi connectivity index (χ1v) is 6.94. The lowest BCUT2D eigenvalue weighted by Gasteiger charge is -2.26. The van der Waals surface area contributed by atoms with Gasteiger partial charge in [0, 0.05) is 19.2 Å². The van der Waals surface area contributed by atoms with Crippen molar-refractivity contribution in [3.05, 3.63) is 18.2 Å². The third kappa shape index (κ3) is 4.18. The highest BCUT2D eigenvalue weighted by Gasteiger charge is 2.09. The Labute approximate surface area is 109 Å². The average Bonchev–Trinajstić information content (AvgIpc) is 2.41. The molecule has 4 nitrogen and oxygen atoms in total. The van der Waals surface area contributed by atoms with E-state index in [4.69, 9.17) is 4.74 Å². The van der Waals surface area contributed by atoms with E-state index in [1.165, 1.54) is 32.4 Å². The first-order chi connectivity index (χ1) is 8.88. The Hall–Kier alpha value is -1.29.